The van der Waals surface area contributed by atoms with Crippen LogP contribution in [0.25, 0.3) is 0 Å². The van der Waals surface area contributed by atoms with Crippen LogP contribution >= 0.6 is 0 Å². The van der Waals surface area contributed by atoms with Gasteiger partial charge in [0.2, 0.25) is 0 Å². The summed E-state index contributed by atoms with van der Waals surface area (Å²) in [5, 5.41) is 44.2. The van der Waals surface area contributed by atoms with Crippen LogP contribution in [0.3, 0.4) is 0 Å². The van der Waals surface area contributed by atoms with Gasteiger partial charge in [0.05, 0.1) is 12.0 Å². The number of carbonyl (C=O) groups excluding carboxylic acids is 3. The molecule has 0 aromatic heterocycles. The van der Waals surface area contributed by atoms with Crippen molar-refractivity contribution in [2.45, 2.75) is 84.4 Å². The van der Waals surface area contributed by atoms with Crippen molar-refractivity contribution in [3.8, 4) is 0 Å². The zero-order valence-corrected chi connectivity index (χ0v) is 28.9. The van der Waals surface area contributed by atoms with Crippen molar-refractivity contribution >= 4 is 17.5 Å². The van der Waals surface area contributed by atoms with Crippen molar-refractivity contribution in [2.75, 3.05) is 0 Å². The van der Waals surface area contributed by atoms with Gasteiger partial charge in [0.1, 0.15) is 23.9 Å². The summed E-state index contributed by atoms with van der Waals surface area (Å²) in [6, 6.07) is 0. The summed E-state index contributed by atoms with van der Waals surface area (Å²) in [4.78, 5) is 38.9. The van der Waals surface area contributed by atoms with Crippen molar-refractivity contribution < 1.29 is 128 Å². The van der Waals surface area contributed by atoms with Crippen molar-refractivity contribution in [1.82, 2.24) is 0 Å². The Morgan fingerprint density at radius 1 is 1.06 bits per heavy atom. The Labute approximate surface area is 260 Å². The second-order valence-corrected chi connectivity index (χ2v) is 9.98. The molecule has 0 spiro atoms. The van der Waals surface area contributed by atoms with Gasteiger partial charge in [-0.25, -0.2) is 0 Å². The summed E-state index contributed by atoms with van der Waals surface area (Å²) in [5.74, 6) is -4.03. The van der Waals surface area contributed by atoms with Crippen molar-refractivity contribution in [2.24, 2.45) is 22.7 Å². The summed E-state index contributed by atoms with van der Waals surface area (Å²) >= 11 is 0. The van der Waals surface area contributed by atoms with Gasteiger partial charge < -0.3 is 25.2 Å². The molecule has 4 N–H and O–H groups in total. The molecular formula is C22H32Ac2O8. The van der Waals surface area contributed by atoms with E-state index in [-0.39, 0.29) is 107 Å². The van der Waals surface area contributed by atoms with Gasteiger partial charge in [0.25, 0.3) is 0 Å². The minimum atomic E-state index is -1.97. The quantitative estimate of drug-likeness (QED) is 0.218. The molecule has 8 atom stereocenters. The summed E-state index contributed by atoms with van der Waals surface area (Å²) in [6.07, 6.45) is -5.98. The Balaban J connectivity index is 0.00000256. The van der Waals surface area contributed by atoms with Crippen LogP contribution in [0, 0.1) is 111 Å². The fraction of sp³-hybridized carbons (Fsp3) is 0.773. The van der Waals surface area contributed by atoms with Crippen molar-refractivity contribution in [3.63, 3.8) is 0 Å². The van der Waals surface area contributed by atoms with Crippen LogP contribution in [-0.2, 0) is 19.1 Å². The molecule has 3 rings (SSSR count). The number of hydrogen-bond acceptors (Lipinski definition) is 8. The maximum Gasteiger partial charge on any atom is 0.303 e. The Hall–Kier alpha value is 1.27. The number of ether oxygens (including phenoxy) is 1. The van der Waals surface area contributed by atoms with Gasteiger partial charge in [-0.3, -0.25) is 14.4 Å². The van der Waals surface area contributed by atoms with Crippen LogP contribution < -0.4 is 0 Å². The SMILES string of the molecule is CC(=O)O[C@H]1C2C(=O)[C@@H](O)C[C@H](C)[C@@]2(C)C(=O)[C@H](O)C2=C(C)[C@@H](O)C[C@]1(O)C2(C)C.[Ac].[Ac]. The predicted octanol–water partition coefficient (Wildman–Crippen LogP) is 0.292. The molecule has 0 aromatic rings. The van der Waals surface area contributed by atoms with E-state index in [0.717, 1.165) is 6.92 Å². The molecule has 3 aliphatic carbocycles. The van der Waals surface area contributed by atoms with E-state index in [9.17, 15) is 34.8 Å². The molecule has 10 heteroatoms. The first-order chi connectivity index (χ1) is 13.6. The molecule has 0 amide bonds. The van der Waals surface area contributed by atoms with E-state index in [4.69, 9.17) is 4.74 Å². The summed E-state index contributed by atoms with van der Waals surface area (Å²) in [6.45, 7) is 9.15. The van der Waals surface area contributed by atoms with Gasteiger partial charge in [-0.05, 0) is 30.4 Å². The maximum absolute atomic E-state index is 13.7. The Kier molecular flexibility index (Phi) is 10.1. The predicted molar refractivity (Wildman–Crippen MR) is 105 cm³/mol. The van der Waals surface area contributed by atoms with E-state index in [1.165, 1.54) is 6.92 Å². The van der Waals surface area contributed by atoms with E-state index in [1.807, 2.05) is 0 Å². The van der Waals surface area contributed by atoms with E-state index >= 15 is 0 Å². The third-order valence-corrected chi connectivity index (χ3v) is 8.19. The van der Waals surface area contributed by atoms with Gasteiger partial charge in [0, 0.05) is 112 Å². The number of aliphatic hydroxyl groups excluding tert-OH is 3. The average Bonchev–Trinajstić information content (AvgIpc) is 2.62. The van der Waals surface area contributed by atoms with Gasteiger partial charge in [-0.15, -0.1) is 0 Å². The molecule has 174 valence electrons. The zero-order chi connectivity index (χ0) is 23.0. The minimum Gasteiger partial charge on any atom is -0.459 e. The normalized spacial score (nSPS) is 43.2. The fourth-order valence-corrected chi connectivity index (χ4v) is 6.05. The molecule has 0 heterocycles. The van der Waals surface area contributed by atoms with Crippen LogP contribution in [0.5, 0.6) is 0 Å². The van der Waals surface area contributed by atoms with E-state index < -0.39 is 70.2 Å². The van der Waals surface area contributed by atoms with E-state index in [1.54, 1.807) is 27.7 Å². The molecule has 1 unspecified atom stereocenters. The Morgan fingerprint density at radius 3 is 2.09 bits per heavy atom. The molecule has 2 saturated carbocycles. The topological polar surface area (TPSA) is 141 Å². The second-order valence-electron chi connectivity index (χ2n) is 9.98. The Morgan fingerprint density at radius 2 is 1.59 bits per heavy atom. The van der Waals surface area contributed by atoms with Crippen LogP contribution in [0.15, 0.2) is 11.1 Å². The van der Waals surface area contributed by atoms with Crippen LogP contribution in [0.2, 0.25) is 0 Å². The number of fused-ring (bicyclic) bond motifs is 3. The third-order valence-electron chi connectivity index (χ3n) is 8.19. The first kappa shape index (κ1) is 31.3. The summed E-state index contributed by atoms with van der Waals surface area (Å²) in [5.41, 5.74) is -4.21. The molecule has 2 radical (unpaired) electrons. The number of rotatable bonds is 1. The monoisotopic (exact) mass is 878 g/mol. The summed E-state index contributed by atoms with van der Waals surface area (Å²) in [7, 11) is 0. The molecule has 0 aliphatic heterocycles. The third kappa shape index (κ3) is 4.34. The average molecular weight is 878 g/mol. The summed E-state index contributed by atoms with van der Waals surface area (Å²) < 4.78 is 5.53. The molecule has 2 fully saturated rings. The van der Waals surface area contributed by atoms with Crippen molar-refractivity contribution in [3.05, 3.63) is 11.1 Å². The van der Waals surface area contributed by atoms with Crippen LogP contribution in [-0.4, -0.2) is 68.0 Å². The number of esters is 1. The second kappa shape index (κ2) is 10.3. The molecule has 0 saturated heterocycles. The molecular weight excluding hydrogens is 846 g/mol. The number of Topliss-reactive ketones (excluding diaryl/α,β-unsaturated/α-hetero) is 2. The van der Waals surface area contributed by atoms with Gasteiger partial charge >= 0.3 is 5.97 Å². The molecule has 2 bridgehead atoms. The standard InChI is InChI=1S/C22H32O8.2Ac/c1-9-7-12(24)16(26)15-19(30-11(3)23)22(29)8-13(25)10(2)14(20(22,4)5)17(27)18(28)21(9,15)6;;/h9,12-13,15,17,19,24-25,27,29H,7-8H2,1-6H3;;/t9-,12-,13-,15?,17+,19-,21+,22+;;/m0../s1. The van der Waals surface area contributed by atoms with Gasteiger partial charge in [-0.1, -0.05) is 27.7 Å². The van der Waals surface area contributed by atoms with Crippen LogP contribution in [0.4, 0.5) is 0 Å². The minimum absolute atomic E-state index is 0. The van der Waals surface area contributed by atoms with Gasteiger partial charge in [0.15, 0.2) is 11.6 Å². The number of ketones is 2. The molecule has 8 nitrogen and oxygen atoms in total. The Bertz CT molecular complexity index is 840. The number of aliphatic hydroxyl groups is 4. The first-order valence-corrected chi connectivity index (χ1v) is 10.3. The van der Waals surface area contributed by atoms with Gasteiger partial charge in [-0.2, -0.15) is 0 Å². The maximum atomic E-state index is 13.7. The molecule has 32 heavy (non-hydrogen) atoms. The number of carbonyl (C=O) groups is 3. The fourth-order valence-electron chi connectivity index (χ4n) is 6.05. The van der Waals surface area contributed by atoms with Crippen molar-refractivity contribution in [1.29, 1.82) is 0 Å². The zero-order valence-electron chi connectivity index (χ0n) is 19.5. The molecule has 3 aliphatic rings. The number of hydrogen-bond donors (Lipinski definition) is 4. The van der Waals surface area contributed by atoms with Crippen LogP contribution in [0.1, 0.15) is 54.4 Å². The van der Waals surface area contributed by atoms with E-state index in [2.05, 4.69) is 0 Å². The molecule has 0 aromatic carbocycles. The smallest absolute Gasteiger partial charge is 0.303 e. The largest absolute Gasteiger partial charge is 0.459 e. The van der Waals surface area contributed by atoms with E-state index in [0.29, 0.717) is 5.57 Å². The first-order valence-electron chi connectivity index (χ1n) is 10.3.